The first-order valence-electron chi connectivity index (χ1n) is 7.51. The zero-order valence-electron chi connectivity index (χ0n) is 13.8. The van der Waals surface area contributed by atoms with Gasteiger partial charge in [0.1, 0.15) is 5.75 Å². The van der Waals surface area contributed by atoms with Crippen LogP contribution in [0, 0.1) is 17.5 Å². The van der Waals surface area contributed by atoms with Gasteiger partial charge in [0.25, 0.3) is 5.91 Å². The fourth-order valence-electron chi connectivity index (χ4n) is 1.94. The first-order chi connectivity index (χ1) is 12.7. The molecule has 0 fully saturated rings. The van der Waals surface area contributed by atoms with Crippen LogP contribution in [0.2, 0.25) is 10.0 Å². The van der Waals surface area contributed by atoms with Crippen molar-refractivity contribution in [2.75, 3.05) is 11.9 Å². The molecule has 0 aliphatic carbocycles. The molecule has 0 aromatic heterocycles. The lowest BCUT2D eigenvalue weighted by Crippen LogP contribution is -2.40. The molecule has 0 aliphatic rings. The highest BCUT2D eigenvalue weighted by atomic mass is 35.5. The molecule has 5 nitrogen and oxygen atoms in total. The topological polar surface area (TPSA) is 67.4 Å². The minimum Gasteiger partial charge on any atom is -0.479 e. The number of carbonyl (C=O) groups is 2. The lowest BCUT2D eigenvalue weighted by molar-refractivity contribution is -0.129. The van der Waals surface area contributed by atoms with Gasteiger partial charge in [-0.3, -0.25) is 9.59 Å². The maximum Gasteiger partial charge on any atom is 0.261 e. The molecule has 0 radical (unpaired) electrons. The van der Waals surface area contributed by atoms with Crippen LogP contribution in [0.15, 0.2) is 30.3 Å². The SMILES string of the molecule is CC(Oc1ccc(Cl)cc1Cl)C(=O)NCC(=O)Nc1ccc(F)c(F)c1F. The molecule has 27 heavy (non-hydrogen) atoms. The number of ether oxygens (including phenoxy) is 1. The van der Waals surface area contributed by atoms with Gasteiger partial charge >= 0.3 is 0 Å². The number of anilines is 1. The van der Waals surface area contributed by atoms with Gasteiger partial charge in [0.2, 0.25) is 5.91 Å². The summed E-state index contributed by atoms with van der Waals surface area (Å²) in [6.45, 7) is 0.881. The molecular formula is C17H13Cl2F3N2O3. The third-order valence-corrected chi connectivity index (χ3v) is 3.83. The van der Waals surface area contributed by atoms with Gasteiger partial charge in [-0.2, -0.15) is 0 Å². The monoisotopic (exact) mass is 420 g/mol. The molecule has 2 aromatic carbocycles. The number of amides is 2. The van der Waals surface area contributed by atoms with Crippen molar-refractivity contribution in [3.8, 4) is 5.75 Å². The molecule has 0 heterocycles. The van der Waals surface area contributed by atoms with Gasteiger partial charge < -0.3 is 15.4 Å². The first-order valence-corrected chi connectivity index (χ1v) is 8.27. The molecular weight excluding hydrogens is 408 g/mol. The molecule has 1 unspecified atom stereocenters. The highest BCUT2D eigenvalue weighted by molar-refractivity contribution is 6.35. The van der Waals surface area contributed by atoms with E-state index in [1.807, 2.05) is 5.32 Å². The fraction of sp³-hybridized carbons (Fsp3) is 0.176. The van der Waals surface area contributed by atoms with E-state index in [9.17, 15) is 22.8 Å². The molecule has 0 aliphatic heterocycles. The Labute approximate surface area is 162 Å². The Kier molecular flexibility index (Phi) is 6.92. The van der Waals surface area contributed by atoms with Crippen LogP contribution in [0.1, 0.15) is 6.92 Å². The number of hydrogen-bond acceptors (Lipinski definition) is 3. The van der Waals surface area contributed by atoms with Crippen LogP contribution in [-0.4, -0.2) is 24.5 Å². The average molecular weight is 421 g/mol. The summed E-state index contributed by atoms with van der Waals surface area (Å²) in [4.78, 5) is 23.7. The quantitative estimate of drug-likeness (QED) is 0.695. The smallest absolute Gasteiger partial charge is 0.261 e. The third-order valence-electron chi connectivity index (χ3n) is 3.30. The van der Waals surface area contributed by atoms with Crippen LogP contribution in [0.25, 0.3) is 0 Å². The van der Waals surface area contributed by atoms with Crippen molar-refractivity contribution in [2.45, 2.75) is 13.0 Å². The average Bonchev–Trinajstić information content (AvgIpc) is 2.62. The summed E-state index contributed by atoms with van der Waals surface area (Å²) in [5.41, 5.74) is -0.551. The van der Waals surface area contributed by atoms with E-state index in [1.54, 1.807) is 0 Å². The maximum absolute atomic E-state index is 13.5. The second kappa shape index (κ2) is 8.96. The van der Waals surface area contributed by atoms with Crippen molar-refractivity contribution < 1.29 is 27.5 Å². The van der Waals surface area contributed by atoms with E-state index in [1.165, 1.54) is 25.1 Å². The van der Waals surface area contributed by atoms with Crippen molar-refractivity contribution in [3.05, 3.63) is 57.8 Å². The standard InChI is InChI=1S/C17H13Cl2F3N2O3/c1-8(27-13-5-2-9(18)6-10(13)19)17(26)23-7-14(25)24-12-4-3-11(20)15(21)16(12)22/h2-6,8H,7H2,1H3,(H,23,26)(H,24,25). The maximum atomic E-state index is 13.5. The predicted molar refractivity (Wildman–Crippen MR) is 94.5 cm³/mol. The minimum atomic E-state index is -1.71. The van der Waals surface area contributed by atoms with E-state index in [2.05, 4.69) is 5.32 Å². The normalized spacial score (nSPS) is 11.6. The lowest BCUT2D eigenvalue weighted by Gasteiger charge is -2.15. The van der Waals surface area contributed by atoms with Crippen molar-refractivity contribution >= 4 is 40.7 Å². The van der Waals surface area contributed by atoms with E-state index >= 15 is 0 Å². The van der Waals surface area contributed by atoms with Gasteiger partial charge in [0.05, 0.1) is 17.3 Å². The van der Waals surface area contributed by atoms with E-state index in [0.717, 1.165) is 6.07 Å². The second-order valence-corrected chi connectivity index (χ2v) is 6.17. The number of halogens is 5. The minimum absolute atomic E-state index is 0.203. The Balaban J connectivity index is 1.89. The van der Waals surface area contributed by atoms with E-state index in [0.29, 0.717) is 11.1 Å². The Morgan fingerprint density at radius 2 is 1.81 bits per heavy atom. The van der Waals surface area contributed by atoms with Gasteiger partial charge in [-0.05, 0) is 37.3 Å². The van der Waals surface area contributed by atoms with Gasteiger partial charge in [0.15, 0.2) is 23.6 Å². The molecule has 2 N–H and O–H groups in total. The van der Waals surface area contributed by atoms with Crippen molar-refractivity contribution in [2.24, 2.45) is 0 Å². The summed E-state index contributed by atoms with van der Waals surface area (Å²) in [6, 6.07) is 5.97. The predicted octanol–water partition coefficient (Wildman–Crippen LogP) is 3.93. The molecule has 10 heteroatoms. The summed E-state index contributed by atoms with van der Waals surface area (Å²) < 4.78 is 44.8. The highest BCUT2D eigenvalue weighted by Gasteiger charge is 2.19. The molecule has 0 saturated carbocycles. The summed E-state index contributed by atoms with van der Waals surface area (Å²) in [7, 11) is 0. The summed E-state index contributed by atoms with van der Waals surface area (Å²) in [5, 5.41) is 4.89. The van der Waals surface area contributed by atoms with Crippen LogP contribution in [0.5, 0.6) is 5.75 Å². The van der Waals surface area contributed by atoms with Crippen molar-refractivity contribution in [3.63, 3.8) is 0 Å². The van der Waals surface area contributed by atoms with Gasteiger partial charge in [-0.25, -0.2) is 13.2 Å². The van der Waals surface area contributed by atoms with Crippen LogP contribution in [-0.2, 0) is 9.59 Å². The van der Waals surface area contributed by atoms with E-state index < -0.39 is 47.6 Å². The van der Waals surface area contributed by atoms with Gasteiger partial charge in [-0.1, -0.05) is 23.2 Å². The van der Waals surface area contributed by atoms with E-state index in [4.69, 9.17) is 27.9 Å². The summed E-state index contributed by atoms with van der Waals surface area (Å²) in [5.74, 6) is -5.91. The van der Waals surface area contributed by atoms with E-state index in [-0.39, 0.29) is 10.8 Å². The summed E-state index contributed by atoms with van der Waals surface area (Å²) in [6.07, 6.45) is -1.00. The number of nitrogens with one attached hydrogen (secondary N) is 2. The molecule has 2 aromatic rings. The van der Waals surface area contributed by atoms with Crippen LogP contribution < -0.4 is 15.4 Å². The molecule has 2 rings (SSSR count). The largest absolute Gasteiger partial charge is 0.479 e. The Hall–Kier alpha value is -2.45. The first kappa shape index (κ1) is 20.9. The molecule has 0 saturated heterocycles. The van der Waals surface area contributed by atoms with Gasteiger partial charge in [-0.15, -0.1) is 0 Å². The summed E-state index contributed by atoms with van der Waals surface area (Å²) >= 11 is 11.7. The van der Waals surface area contributed by atoms with Crippen molar-refractivity contribution in [1.29, 1.82) is 0 Å². The zero-order chi connectivity index (χ0) is 20.1. The number of hydrogen-bond donors (Lipinski definition) is 2. The number of rotatable bonds is 6. The lowest BCUT2D eigenvalue weighted by atomic mass is 10.2. The van der Waals surface area contributed by atoms with Crippen LogP contribution in [0.3, 0.4) is 0 Å². The second-order valence-electron chi connectivity index (χ2n) is 5.32. The number of carbonyl (C=O) groups excluding carboxylic acids is 2. The van der Waals surface area contributed by atoms with Crippen LogP contribution in [0.4, 0.5) is 18.9 Å². The highest BCUT2D eigenvalue weighted by Crippen LogP contribution is 2.28. The molecule has 2 amide bonds. The molecule has 144 valence electrons. The molecule has 0 bridgehead atoms. The van der Waals surface area contributed by atoms with Crippen molar-refractivity contribution in [1.82, 2.24) is 5.32 Å². The third kappa shape index (κ3) is 5.51. The zero-order valence-corrected chi connectivity index (χ0v) is 15.3. The molecule has 0 spiro atoms. The van der Waals surface area contributed by atoms with Gasteiger partial charge in [0, 0.05) is 5.02 Å². The van der Waals surface area contributed by atoms with Crippen LogP contribution >= 0.6 is 23.2 Å². The fourth-order valence-corrected chi connectivity index (χ4v) is 2.40. The Morgan fingerprint density at radius 1 is 1.11 bits per heavy atom. The Bertz CT molecular complexity index is 881. The Morgan fingerprint density at radius 3 is 2.48 bits per heavy atom. The molecule has 1 atom stereocenters. The number of benzene rings is 2.